The van der Waals surface area contributed by atoms with Crippen molar-refractivity contribution in [2.75, 3.05) is 10.6 Å². The van der Waals surface area contributed by atoms with Crippen LogP contribution in [-0.2, 0) is 4.79 Å². The first-order valence-corrected chi connectivity index (χ1v) is 6.17. The third-order valence-corrected chi connectivity index (χ3v) is 3.23. The van der Waals surface area contributed by atoms with Gasteiger partial charge in [-0.25, -0.2) is 0 Å². The fourth-order valence-corrected chi connectivity index (χ4v) is 2.31. The van der Waals surface area contributed by atoms with Crippen LogP contribution in [0.2, 0.25) is 0 Å². The van der Waals surface area contributed by atoms with Crippen LogP contribution in [0.25, 0.3) is 0 Å². The van der Waals surface area contributed by atoms with Crippen molar-refractivity contribution < 1.29 is 9.90 Å². The standard InChI is InChI=1S/C15H14N2O2/c18-14-8-4-1-5-10(14)13-9-15(19)17-12-7-3-2-6-11(12)16-13/h1-8,13,16,18H,9H2,(H,17,19). The number of amides is 1. The summed E-state index contributed by atoms with van der Waals surface area (Å²) < 4.78 is 0. The number of hydrogen-bond donors (Lipinski definition) is 3. The topological polar surface area (TPSA) is 61.4 Å². The van der Waals surface area contributed by atoms with Gasteiger partial charge in [-0.3, -0.25) is 4.79 Å². The average Bonchev–Trinajstić information content (AvgIpc) is 2.57. The van der Waals surface area contributed by atoms with Crippen LogP contribution in [0.3, 0.4) is 0 Å². The predicted molar refractivity (Wildman–Crippen MR) is 74.2 cm³/mol. The first-order valence-electron chi connectivity index (χ1n) is 6.17. The van der Waals surface area contributed by atoms with E-state index in [9.17, 15) is 9.90 Å². The quantitative estimate of drug-likeness (QED) is 0.733. The summed E-state index contributed by atoms with van der Waals surface area (Å²) in [6.45, 7) is 0. The molecular weight excluding hydrogens is 240 g/mol. The first-order chi connectivity index (χ1) is 9.24. The second-order valence-electron chi connectivity index (χ2n) is 4.55. The number of nitrogens with one attached hydrogen (secondary N) is 2. The molecule has 19 heavy (non-hydrogen) atoms. The van der Waals surface area contributed by atoms with Crippen molar-refractivity contribution in [2.24, 2.45) is 0 Å². The van der Waals surface area contributed by atoms with Crippen LogP contribution in [-0.4, -0.2) is 11.0 Å². The van der Waals surface area contributed by atoms with Crippen molar-refractivity contribution in [1.29, 1.82) is 0 Å². The molecule has 0 spiro atoms. The van der Waals surface area contributed by atoms with Crippen LogP contribution in [0.1, 0.15) is 18.0 Å². The maximum atomic E-state index is 11.9. The van der Waals surface area contributed by atoms with E-state index in [2.05, 4.69) is 10.6 Å². The van der Waals surface area contributed by atoms with Gasteiger partial charge in [-0.15, -0.1) is 0 Å². The van der Waals surface area contributed by atoms with Gasteiger partial charge in [0.05, 0.1) is 23.8 Å². The van der Waals surface area contributed by atoms with Crippen molar-refractivity contribution in [1.82, 2.24) is 0 Å². The summed E-state index contributed by atoms with van der Waals surface area (Å²) in [6.07, 6.45) is 0.284. The van der Waals surface area contributed by atoms with Crippen molar-refractivity contribution in [2.45, 2.75) is 12.5 Å². The molecule has 96 valence electrons. The molecule has 0 bridgehead atoms. The predicted octanol–water partition coefficient (Wildman–Crippen LogP) is 2.89. The number of aromatic hydroxyl groups is 1. The van der Waals surface area contributed by atoms with Gasteiger partial charge in [-0.2, -0.15) is 0 Å². The Kier molecular flexibility index (Phi) is 2.83. The van der Waals surface area contributed by atoms with Crippen LogP contribution >= 0.6 is 0 Å². The van der Waals surface area contributed by atoms with Gasteiger partial charge >= 0.3 is 0 Å². The molecule has 1 aliphatic rings. The van der Waals surface area contributed by atoms with E-state index < -0.39 is 0 Å². The van der Waals surface area contributed by atoms with Crippen LogP contribution < -0.4 is 10.6 Å². The monoisotopic (exact) mass is 254 g/mol. The summed E-state index contributed by atoms with van der Waals surface area (Å²) in [5, 5.41) is 16.1. The highest BCUT2D eigenvalue weighted by Crippen LogP contribution is 2.34. The molecule has 0 radical (unpaired) electrons. The van der Waals surface area contributed by atoms with Gasteiger partial charge < -0.3 is 15.7 Å². The molecule has 4 nitrogen and oxygen atoms in total. The number of rotatable bonds is 1. The smallest absolute Gasteiger partial charge is 0.226 e. The molecule has 0 saturated heterocycles. The number of phenolic OH excluding ortho intramolecular Hbond substituents is 1. The van der Waals surface area contributed by atoms with Crippen molar-refractivity contribution in [3.05, 3.63) is 54.1 Å². The summed E-state index contributed by atoms with van der Waals surface area (Å²) >= 11 is 0. The number of benzene rings is 2. The molecule has 0 saturated carbocycles. The van der Waals surface area contributed by atoms with Gasteiger partial charge in [0.15, 0.2) is 0 Å². The molecule has 0 aromatic heterocycles. The summed E-state index contributed by atoms with van der Waals surface area (Å²) in [4.78, 5) is 11.9. The second kappa shape index (κ2) is 4.65. The molecule has 3 N–H and O–H groups in total. The normalized spacial score (nSPS) is 17.9. The highest BCUT2D eigenvalue weighted by Gasteiger charge is 2.23. The van der Waals surface area contributed by atoms with E-state index in [1.54, 1.807) is 12.1 Å². The van der Waals surface area contributed by atoms with Gasteiger partial charge in [0, 0.05) is 5.56 Å². The maximum absolute atomic E-state index is 11.9. The lowest BCUT2D eigenvalue weighted by Crippen LogP contribution is -2.15. The Bertz CT molecular complexity index is 625. The van der Waals surface area contributed by atoms with Crippen LogP contribution in [0.15, 0.2) is 48.5 Å². The number of carbonyl (C=O) groups excluding carboxylic acids is 1. The summed E-state index contributed by atoms with van der Waals surface area (Å²) in [7, 11) is 0. The second-order valence-corrected chi connectivity index (χ2v) is 4.55. The molecular formula is C15H14N2O2. The summed E-state index contributed by atoms with van der Waals surface area (Å²) in [6, 6.07) is 14.4. The summed E-state index contributed by atoms with van der Waals surface area (Å²) in [5.74, 6) is 0.137. The Hall–Kier alpha value is -2.49. The van der Waals surface area contributed by atoms with Crippen molar-refractivity contribution >= 4 is 17.3 Å². The number of carbonyl (C=O) groups is 1. The number of phenols is 1. The molecule has 1 aliphatic heterocycles. The minimum absolute atomic E-state index is 0.0642. The lowest BCUT2D eigenvalue weighted by Gasteiger charge is -2.18. The Morgan fingerprint density at radius 2 is 1.68 bits per heavy atom. The van der Waals surface area contributed by atoms with E-state index in [1.165, 1.54) is 0 Å². The Morgan fingerprint density at radius 1 is 1.00 bits per heavy atom. The molecule has 1 atom stereocenters. The molecule has 1 amide bonds. The van der Waals surface area contributed by atoms with Crippen LogP contribution in [0.5, 0.6) is 5.75 Å². The molecule has 0 fully saturated rings. The summed E-state index contributed by atoms with van der Waals surface area (Å²) in [5.41, 5.74) is 2.36. The zero-order valence-corrected chi connectivity index (χ0v) is 10.3. The van der Waals surface area contributed by atoms with Gasteiger partial charge in [0.1, 0.15) is 5.75 Å². The van der Waals surface area contributed by atoms with E-state index >= 15 is 0 Å². The molecule has 2 aromatic carbocycles. The maximum Gasteiger partial charge on any atom is 0.226 e. The van der Waals surface area contributed by atoms with Crippen molar-refractivity contribution in [3.8, 4) is 5.75 Å². The minimum atomic E-state index is -0.232. The van der Waals surface area contributed by atoms with Crippen molar-refractivity contribution in [3.63, 3.8) is 0 Å². The number of fused-ring (bicyclic) bond motifs is 1. The largest absolute Gasteiger partial charge is 0.508 e. The van der Waals surface area contributed by atoms with Gasteiger partial charge in [0.2, 0.25) is 5.91 Å². The fraction of sp³-hybridized carbons (Fsp3) is 0.133. The molecule has 1 heterocycles. The lowest BCUT2D eigenvalue weighted by molar-refractivity contribution is -0.116. The third kappa shape index (κ3) is 2.25. The molecule has 1 unspecified atom stereocenters. The van der Waals surface area contributed by atoms with Crippen LogP contribution in [0.4, 0.5) is 11.4 Å². The Balaban J connectivity index is 2.01. The third-order valence-electron chi connectivity index (χ3n) is 3.23. The van der Waals surface area contributed by atoms with E-state index in [4.69, 9.17) is 0 Å². The minimum Gasteiger partial charge on any atom is -0.508 e. The average molecular weight is 254 g/mol. The Labute approximate surface area is 111 Å². The lowest BCUT2D eigenvalue weighted by atomic mass is 10.0. The molecule has 3 rings (SSSR count). The zero-order valence-electron chi connectivity index (χ0n) is 10.3. The number of hydrogen-bond acceptors (Lipinski definition) is 3. The van der Waals surface area contributed by atoms with E-state index in [0.29, 0.717) is 0 Å². The van der Waals surface area contributed by atoms with Gasteiger partial charge in [-0.1, -0.05) is 30.3 Å². The van der Waals surface area contributed by atoms with Gasteiger partial charge in [-0.05, 0) is 18.2 Å². The number of anilines is 2. The number of para-hydroxylation sites is 3. The molecule has 2 aromatic rings. The van der Waals surface area contributed by atoms with E-state index in [1.807, 2.05) is 36.4 Å². The molecule has 0 aliphatic carbocycles. The van der Waals surface area contributed by atoms with E-state index in [0.717, 1.165) is 16.9 Å². The van der Waals surface area contributed by atoms with Gasteiger partial charge in [0.25, 0.3) is 0 Å². The first kappa shape index (κ1) is 11.6. The highest BCUT2D eigenvalue weighted by atomic mass is 16.3. The highest BCUT2D eigenvalue weighted by molar-refractivity contribution is 5.96. The Morgan fingerprint density at radius 3 is 2.47 bits per heavy atom. The molecule has 4 heteroatoms. The fourth-order valence-electron chi connectivity index (χ4n) is 2.31. The zero-order chi connectivity index (χ0) is 13.2. The van der Waals surface area contributed by atoms with Crippen LogP contribution in [0, 0.1) is 0 Å². The SMILES string of the molecule is O=C1CC(c2ccccc2O)Nc2ccccc2N1. The van der Waals surface area contributed by atoms with E-state index in [-0.39, 0.29) is 24.1 Å².